The normalized spacial score (nSPS) is 29.8. The van der Waals surface area contributed by atoms with Crippen molar-refractivity contribution < 1.29 is 4.79 Å². The highest BCUT2D eigenvalue weighted by molar-refractivity contribution is 5.80. The molecule has 1 atom stereocenters. The van der Waals surface area contributed by atoms with E-state index in [0.717, 1.165) is 12.8 Å². The fraction of sp³-hybridized carbons (Fsp3) is 0.889. The molecule has 0 radical (unpaired) electrons. The first-order valence-electron chi connectivity index (χ1n) is 4.81. The fourth-order valence-electron chi connectivity index (χ4n) is 1.65. The van der Waals surface area contributed by atoms with E-state index in [2.05, 4.69) is 5.32 Å². The number of nitrogens with two attached hydrogens (primary N) is 2. The summed E-state index contributed by atoms with van der Waals surface area (Å²) >= 11 is 0. The van der Waals surface area contributed by atoms with Gasteiger partial charge in [0.05, 0.1) is 6.04 Å². The number of primary amides is 1. The van der Waals surface area contributed by atoms with Crippen LogP contribution in [0.2, 0.25) is 0 Å². The minimum absolute atomic E-state index is 0.211. The number of carbonyl (C=O) groups excluding carboxylic acids is 1. The average Bonchev–Trinajstić information content (AvgIpc) is 1.93. The molecule has 1 aliphatic carbocycles. The smallest absolute Gasteiger partial charge is 0.234 e. The fourth-order valence-corrected chi connectivity index (χ4v) is 1.65. The van der Waals surface area contributed by atoms with Crippen molar-refractivity contribution in [2.24, 2.45) is 17.4 Å². The van der Waals surface area contributed by atoms with Crippen molar-refractivity contribution in [1.82, 2.24) is 5.32 Å². The maximum absolute atomic E-state index is 11.0. The van der Waals surface area contributed by atoms with Gasteiger partial charge in [-0.3, -0.25) is 4.79 Å². The predicted octanol–water partition coefficient (Wildman–Crippen LogP) is -0.424. The lowest BCUT2D eigenvalue weighted by atomic mass is 9.86. The molecule has 0 aromatic rings. The molecule has 5 N–H and O–H groups in total. The van der Waals surface area contributed by atoms with Crippen LogP contribution >= 0.6 is 0 Å². The zero-order valence-electron chi connectivity index (χ0n) is 8.29. The summed E-state index contributed by atoms with van der Waals surface area (Å²) in [5.74, 6) is -0.0233. The highest BCUT2D eigenvalue weighted by Gasteiger charge is 2.30. The topological polar surface area (TPSA) is 81.1 Å². The Morgan fingerprint density at radius 3 is 2.31 bits per heavy atom. The van der Waals surface area contributed by atoms with Crippen LogP contribution in [0.1, 0.15) is 26.7 Å². The third-order valence-corrected chi connectivity index (χ3v) is 2.56. The van der Waals surface area contributed by atoms with E-state index in [1.165, 1.54) is 0 Å². The van der Waals surface area contributed by atoms with E-state index in [9.17, 15) is 4.79 Å². The zero-order valence-corrected chi connectivity index (χ0v) is 8.29. The molecule has 0 saturated heterocycles. The summed E-state index contributed by atoms with van der Waals surface area (Å²) in [4.78, 5) is 11.0. The van der Waals surface area contributed by atoms with Gasteiger partial charge in [0.15, 0.2) is 0 Å². The van der Waals surface area contributed by atoms with Gasteiger partial charge in [-0.15, -0.1) is 0 Å². The Hall–Kier alpha value is -0.610. The van der Waals surface area contributed by atoms with E-state index in [1.807, 2.05) is 13.8 Å². The number of carbonyl (C=O) groups is 1. The second-order valence-corrected chi connectivity index (χ2v) is 4.22. The van der Waals surface area contributed by atoms with E-state index < -0.39 is 0 Å². The van der Waals surface area contributed by atoms with Crippen LogP contribution in [-0.2, 0) is 4.79 Å². The van der Waals surface area contributed by atoms with Crippen LogP contribution in [0.5, 0.6) is 0 Å². The Morgan fingerprint density at radius 2 is 2.00 bits per heavy atom. The molecule has 0 aliphatic heterocycles. The average molecular weight is 185 g/mol. The lowest BCUT2D eigenvalue weighted by Gasteiger charge is -2.36. The Morgan fingerprint density at radius 1 is 1.46 bits per heavy atom. The summed E-state index contributed by atoms with van der Waals surface area (Å²) in [6.45, 7) is 3.97. The summed E-state index contributed by atoms with van der Waals surface area (Å²) < 4.78 is 0. The Labute approximate surface area is 79.0 Å². The van der Waals surface area contributed by atoms with Crippen LogP contribution in [0, 0.1) is 5.92 Å². The Bertz CT molecular complexity index is 187. The molecular weight excluding hydrogens is 166 g/mol. The molecule has 1 rings (SSSR count). The summed E-state index contributed by atoms with van der Waals surface area (Å²) in [6, 6.07) is 0.477. The quantitative estimate of drug-likeness (QED) is 0.556. The van der Waals surface area contributed by atoms with Crippen LogP contribution in [-0.4, -0.2) is 24.0 Å². The van der Waals surface area contributed by atoms with Gasteiger partial charge in [-0.05, 0) is 18.8 Å². The van der Waals surface area contributed by atoms with Gasteiger partial charge >= 0.3 is 0 Å². The van der Waals surface area contributed by atoms with Gasteiger partial charge in [-0.25, -0.2) is 0 Å². The summed E-state index contributed by atoms with van der Waals surface area (Å²) in [5.41, 5.74) is 10.9. The lowest BCUT2D eigenvalue weighted by Crippen LogP contribution is -2.56. The molecule has 1 amide bonds. The number of nitrogens with one attached hydrogen (secondary N) is 1. The van der Waals surface area contributed by atoms with Crippen LogP contribution in [0.3, 0.4) is 0 Å². The second-order valence-electron chi connectivity index (χ2n) is 4.22. The number of hydrogen-bond acceptors (Lipinski definition) is 3. The molecular formula is C9H19N3O. The summed E-state index contributed by atoms with van der Waals surface area (Å²) in [7, 11) is 0. The van der Waals surface area contributed by atoms with Gasteiger partial charge in [0.1, 0.15) is 0 Å². The number of rotatable bonds is 4. The molecule has 0 aromatic carbocycles. The molecule has 0 heterocycles. The van der Waals surface area contributed by atoms with Gasteiger partial charge in [-0.1, -0.05) is 13.8 Å². The van der Waals surface area contributed by atoms with Crippen molar-refractivity contribution in [3.63, 3.8) is 0 Å². The SMILES string of the molecule is CC(C)C(NC1CC(N)C1)C(N)=O. The predicted molar refractivity (Wildman–Crippen MR) is 52.0 cm³/mol. The minimum Gasteiger partial charge on any atom is -0.368 e. The highest BCUT2D eigenvalue weighted by atomic mass is 16.1. The molecule has 4 heteroatoms. The maximum Gasteiger partial charge on any atom is 0.234 e. The standard InChI is InChI=1S/C9H19N3O/c1-5(2)8(9(11)13)12-7-3-6(10)4-7/h5-8,12H,3-4,10H2,1-2H3,(H2,11,13). The Balaban J connectivity index is 2.35. The molecule has 1 aliphatic rings. The molecule has 76 valence electrons. The molecule has 0 bridgehead atoms. The summed E-state index contributed by atoms with van der Waals surface area (Å²) in [5, 5.41) is 3.23. The Kier molecular flexibility index (Phi) is 3.27. The van der Waals surface area contributed by atoms with Crippen LogP contribution in [0.25, 0.3) is 0 Å². The van der Waals surface area contributed by atoms with Gasteiger partial charge in [-0.2, -0.15) is 0 Å². The van der Waals surface area contributed by atoms with E-state index >= 15 is 0 Å². The number of hydrogen-bond donors (Lipinski definition) is 3. The molecule has 0 aromatic heterocycles. The molecule has 0 spiro atoms. The van der Waals surface area contributed by atoms with Gasteiger partial charge in [0.25, 0.3) is 0 Å². The van der Waals surface area contributed by atoms with Crippen molar-refractivity contribution in [3.05, 3.63) is 0 Å². The van der Waals surface area contributed by atoms with Crippen molar-refractivity contribution in [1.29, 1.82) is 0 Å². The number of amides is 1. The van der Waals surface area contributed by atoms with Crippen molar-refractivity contribution in [3.8, 4) is 0 Å². The van der Waals surface area contributed by atoms with Crippen LogP contribution in [0.4, 0.5) is 0 Å². The highest BCUT2D eigenvalue weighted by Crippen LogP contribution is 2.19. The first-order valence-corrected chi connectivity index (χ1v) is 4.81. The van der Waals surface area contributed by atoms with Crippen molar-refractivity contribution in [2.45, 2.75) is 44.8 Å². The van der Waals surface area contributed by atoms with Gasteiger partial charge in [0, 0.05) is 12.1 Å². The van der Waals surface area contributed by atoms with Gasteiger partial charge < -0.3 is 16.8 Å². The molecule has 1 unspecified atom stereocenters. The monoisotopic (exact) mass is 185 g/mol. The van der Waals surface area contributed by atoms with Gasteiger partial charge in [0.2, 0.25) is 5.91 Å². The third-order valence-electron chi connectivity index (χ3n) is 2.56. The van der Waals surface area contributed by atoms with Crippen molar-refractivity contribution >= 4 is 5.91 Å². The summed E-state index contributed by atoms with van der Waals surface area (Å²) in [6.07, 6.45) is 1.91. The molecule has 13 heavy (non-hydrogen) atoms. The molecule has 1 fully saturated rings. The van der Waals surface area contributed by atoms with E-state index in [-0.39, 0.29) is 17.9 Å². The van der Waals surface area contributed by atoms with Crippen LogP contribution in [0.15, 0.2) is 0 Å². The second kappa shape index (κ2) is 4.07. The maximum atomic E-state index is 11.0. The van der Waals surface area contributed by atoms with E-state index in [4.69, 9.17) is 11.5 Å². The lowest BCUT2D eigenvalue weighted by molar-refractivity contribution is -0.121. The first-order chi connectivity index (χ1) is 6.00. The zero-order chi connectivity index (χ0) is 10.0. The largest absolute Gasteiger partial charge is 0.368 e. The van der Waals surface area contributed by atoms with E-state index in [0.29, 0.717) is 12.1 Å². The minimum atomic E-state index is -0.268. The van der Waals surface area contributed by atoms with Crippen LogP contribution < -0.4 is 16.8 Å². The molecule has 1 saturated carbocycles. The first kappa shape index (κ1) is 10.5. The third kappa shape index (κ3) is 2.67. The molecule has 4 nitrogen and oxygen atoms in total. The van der Waals surface area contributed by atoms with Crippen molar-refractivity contribution in [2.75, 3.05) is 0 Å². The van der Waals surface area contributed by atoms with E-state index in [1.54, 1.807) is 0 Å².